The number of hydrogen-bond acceptors (Lipinski definition) is 4. The highest BCUT2D eigenvalue weighted by Crippen LogP contribution is 2.19. The fourth-order valence-electron chi connectivity index (χ4n) is 2.72. The predicted molar refractivity (Wildman–Crippen MR) is 92.2 cm³/mol. The molecule has 2 aromatic rings. The molecule has 1 saturated heterocycles. The van der Waals surface area contributed by atoms with Gasteiger partial charge in [-0.05, 0) is 37.1 Å². The van der Waals surface area contributed by atoms with Gasteiger partial charge in [0.1, 0.15) is 12.4 Å². The summed E-state index contributed by atoms with van der Waals surface area (Å²) in [6.45, 7) is 5.45. The SMILES string of the molecule is Cc1ccc(NC(=O)N2CCC(Oc3ccncn3)CC2)cc1C. The number of aromatic nitrogens is 2. The van der Waals surface area contributed by atoms with Crippen molar-refractivity contribution in [3.05, 3.63) is 47.9 Å². The fourth-order valence-corrected chi connectivity index (χ4v) is 2.72. The van der Waals surface area contributed by atoms with E-state index in [2.05, 4.69) is 22.2 Å². The summed E-state index contributed by atoms with van der Waals surface area (Å²) < 4.78 is 5.82. The lowest BCUT2D eigenvalue weighted by molar-refractivity contribution is 0.111. The number of benzene rings is 1. The number of likely N-dealkylation sites (tertiary alicyclic amines) is 1. The van der Waals surface area contributed by atoms with Gasteiger partial charge in [-0.1, -0.05) is 6.07 Å². The van der Waals surface area contributed by atoms with Crippen LogP contribution in [0.2, 0.25) is 0 Å². The Labute approximate surface area is 141 Å². The molecule has 3 rings (SSSR count). The van der Waals surface area contributed by atoms with E-state index in [1.54, 1.807) is 12.3 Å². The smallest absolute Gasteiger partial charge is 0.321 e. The lowest BCUT2D eigenvalue weighted by atomic mass is 10.1. The zero-order valence-corrected chi connectivity index (χ0v) is 14.0. The van der Waals surface area contributed by atoms with E-state index in [4.69, 9.17) is 4.74 Å². The number of hydrogen-bond donors (Lipinski definition) is 1. The van der Waals surface area contributed by atoms with Crippen molar-refractivity contribution < 1.29 is 9.53 Å². The number of nitrogens with one attached hydrogen (secondary N) is 1. The largest absolute Gasteiger partial charge is 0.474 e. The van der Waals surface area contributed by atoms with Crippen LogP contribution in [0.3, 0.4) is 0 Å². The van der Waals surface area contributed by atoms with Crippen LogP contribution in [0.25, 0.3) is 0 Å². The molecule has 2 amide bonds. The second-order valence-electron chi connectivity index (χ2n) is 6.08. The molecule has 1 aliphatic heterocycles. The molecular weight excluding hydrogens is 304 g/mol. The van der Waals surface area contributed by atoms with E-state index in [0.717, 1.165) is 18.5 Å². The molecule has 0 aliphatic carbocycles. The van der Waals surface area contributed by atoms with E-state index >= 15 is 0 Å². The van der Waals surface area contributed by atoms with Crippen LogP contribution < -0.4 is 10.1 Å². The molecule has 24 heavy (non-hydrogen) atoms. The number of urea groups is 1. The fraction of sp³-hybridized carbons (Fsp3) is 0.389. The predicted octanol–water partition coefficient (Wildman–Crippen LogP) is 3.17. The minimum atomic E-state index is -0.0567. The molecule has 0 saturated carbocycles. The van der Waals surface area contributed by atoms with Gasteiger partial charge in [-0.15, -0.1) is 0 Å². The van der Waals surface area contributed by atoms with Crippen LogP contribution in [0, 0.1) is 13.8 Å². The number of piperidine rings is 1. The van der Waals surface area contributed by atoms with E-state index in [0.29, 0.717) is 19.0 Å². The van der Waals surface area contributed by atoms with Crippen LogP contribution in [0.4, 0.5) is 10.5 Å². The third-order valence-electron chi connectivity index (χ3n) is 4.33. The number of carbonyl (C=O) groups is 1. The first-order valence-corrected chi connectivity index (χ1v) is 8.17. The Balaban J connectivity index is 1.50. The highest BCUT2D eigenvalue weighted by atomic mass is 16.5. The van der Waals surface area contributed by atoms with E-state index in [1.807, 2.05) is 30.0 Å². The summed E-state index contributed by atoms with van der Waals surface area (Å²) in [5.41, 5.74) is 3.22. The van der Waals surface area contributed by atoms with Crippen LogP contribution in [-0.2, 0) is 0 Å². The molecule has 2 heterocycles. The van der Waals surface area contributed by atoms with E-state index in [-0.39, 0.29) is 12.1 Å². The number of aryl methyl sites for hydroxylation is 2. The normalized spacial score (nSPS) is 15.2. The second kappa shape index (κ2) is 7.29. The zero-order chi connectivity index (χ0) is 16.9. The summed E-state index contributed by atoms with van der Waals surface area (Å²) in [7, 11) is 0. The molecule has 0 atom stereocenters. The Hall–Kier alpha value is -2.63. The molecule has 0 unspecified atom stereocenters. The standard InChI is InChI=1S/C18H22N4O2/c1-13-3-4-15(11-14(13)2)21-18(23)22-9-6-16(7-10-22)24-17-5-8-19-12-20-17/h3-5,8,11-12,16H,6-7,9-10H2,1-2H3,(H,21,23). The molecular formula is C18H22N4O2. The Morgan fingerprint density at radius 3 is 2.67 bits per heavy atom. The molecule has 6 heteroatoms. The summed E-state index contributed by atoms with van der Waals surface area (Å²) in [4.78, 5) is 22.2. The van der Waals surface area contributed by atoms with Crippen LogP contribution in [0.5, 0.6) is 5.88 Å². The number of ether oxygens (including phenoxy) is 1. The first kappa shape index (κ1) is 16.2. The van der Waals surface area contributed by atoms with Crippen molar-refractivity contribution in [1.82, 2.24) is 14.9 Å². The highest BCUT2D eigenvalue weighted by Gasteiger charge is 2.24. The quantitative estimate of drug-likeness (QED) is 0.941. The molecule has 1 aromatic carbocycles. The van der Waals surface area contributed by atoms with Gasteiger partial charge < -0.3 is 15.0 Å². The van der Waals surface area contributed by atoms with Gasteiger partial charge in [0.2, 0.25) is 5.88 Å². The summed E-state index contributed by atoms with van der Waals surface area (Å²) in [5.74, 6) is 0.586. The van der Waals surface area contributed by atoms with Crippen molar-refractivity contribution in [3.8, 4) is 5.88 Å². The average molecular weight is 326 g/mol. The van der Waals surface area contributed by atoms with Crippen molar-refractivity contribution >= 4 is 11.7 Å². The lowest BCUT2D eigenvalue weighted by Gasteiger charge is -2.31. The van der Waals surface area contributed by atoms with Gasteiger partial charge in [0.15, 0.2) is 0 Å². The Bertz CT molecular complexity index is 697. The van der Waals surface area contributed by atoms with Crippen LogP contribution in [0.15, 0.2) is 36.8 Å². The molecule has 0 spiro atoms. The van der Waals surface area contributed by atoms with Crippen molar-refractivity contribution in [1.29, 1.82) is 0 Å². The second-order valence-corrected chi connectivity index (χ2v) is 6.08. The zero-order valence-electron chi connectivity index (χ0n) is 14.0. The van der Waals surface area contributed by atoms with E-state index < -0.39 is 0 Å². The monoisotopic (exact) mass is 326 g/mol. The van der Waals surface area contributed by atoms with Crippen LogP contribution in [0.1, 0.15) is 24.0 Å². The summed E-state index contributed by atoms with van der Waals surface area (Å²) in [6.07, 6.45) is 4.82. The first-order chi connectivity index (χ1) is 11.6. The molecule has 0 bridgehead atoms. The first-order valence-electron chi connectivity index (χ1n) is 8.17. The molecule has 1 aromatic heterocycles. The van der Waals surface area contributed by atoms with Gasteiger partial charge in [-0.2, -0.15) is 0 Å². The number of rotatable bonds is 3. The van der Waals surface area contributed by atoms with E-state index in [1.165, 1.54) is 17.5 Å². The average Bonchev–Trinajstić information content (AvgIpc) is 2.60. The van der Waals surface area contributed by atoms with Gasteiger partial charge in [-0.25, -0.2) is 14.8 Å². The van der Waals surface area contributed by atoms with Crippen molar-refractivity contribution in [3.63, 3.8) is 0 Å². The van der Waals surface area contributed by atoms with Crippen LogP contribution >= 0.6 is 0 Å². The molecule has 126 valence electrons. The Morgan fingerprint density at radius 2 is 2.00 bits per heavy atom. The molecule has 0 radical (unpaired) electrons. The third-order valence-corrected chi connectivity index (χ3v) is 4.33. The summed E-state index contributed by atoms with van der Waals surface area (Å²) in [6, 6.07) is 7.65. The van der Waals surface area contributed by atoms with Crippen molar-refractivity contribution in [2.45, 2.75) is 32.8 Å². The number of carbonyl (C=O) groups excluding carboxylic acids is 1. The molecule has 1 N–H and O–H groups in total. The number of nitrogens with zero attached hydrogens (tertiary/aromatic N) is 3. The third kappa shape index (κ3) is 4.01. The Morgan fingerprint density at radius 1 is 1.21 bits per heavy atom. The number of anilines is 1. The van der Waals surface area contributed by atoms with Crippen LogP contribution in [-0.4, -0.2) is 40.1 Å². The van der Waals surface area contributed by atoms with Crippen molar-refractivity contribution in [2.24, 2.45) is 0 Å². The maximum absolute atomic E-state index is 12.4. The van der Waals surface area contributed by atoms with Gasteiger partial charge in [0.25, 0.3) is 0 Å². The molecule has 6 nitrogen and oxygen atoms in total. The lowest BCUT2D eigenvalue weighted by Crippen LogP contribution is -2.43. The molecule has 1 aliphatic rings. The maximum Gasteiger partial charge on any atom is 0.321 e. The van der Waals surface area contributed by atoms with Gasteiger partial charge in [-0.3, -0.25) is 0 Å². The van der Waals surface area contributed by atoms with Gasteiger partial charge >= 0.3 is 6.03 Å². The highest BCUT2D eigenvalue weighted by molar-refractivity contribution is 5.89. The van der Waals surface area contributed by atoms with Gasteiger partial charge in [0.05, 0.1) is 0 Å². The summed E-state index contributed by atoms with van der Waals surface area (Å²) in [5, 5.41) is 2.97. The maximum atomic E-state index is 12.4. The topological polar surface area (TPSA) is 67.4 Å². The van der Waals surface area contributed by atoms with E-state index in [9.17, 15) is 4.79 Å². The number of amides is 2. The van der Waals surface area contributed by atoms with Crippen molar-refractivity contribution in [2.75, 3.05) is 18.4 Å². The molecule has 1 fully saturated rings. The van der Waals surface area contributed by atoms with Gasteiger partial charge in [0, 0.05) is 43.9 Å². The minimum absolute atomic E-state index is 0.0567. The minimum Gasteiger partial charge on any atom is -0.474 e. The Kier molecular flexibility index (Phi) is 4.93. The summed E-state index contributed by atoms with van der Waals surface area (Å²) >= 11 is 0.